The number of rotatable bonds is 5. The Morgan fingerprint density at radius 1 is 1.27 bits per heavy atom. The van der Waals surface area contributed by atoms with E-state index < -0.39 is 15.9 Å². The van der Waals surface area contributed by atoms with Gasteiger partial charge in [0.1, 0.15) is 5.82 Å². The molecule has 0 atom stereocenters. The Hall–Kier alpha value is -1.90. The molecule has 140 valence electrons. The maximum absolute atomic E-state index is 12.7. The summed E-state index contributed by atoms with van der Waals surface area (Å²) < 4.78 is 27.5. The van der Waals surface area contributed by atoms with Crippen LogP contribution in [0.25, 0.3) is 0 Å². The number of hydrogen-bond acceptors (Lipinski definition) is 4. The minimum absolute atomic E-state index is 0.0151. The lowest BCUT2D eigenvalue weighted by Gasteiger charge is -2.16. The molecule has 3 rings (SSSR count). The lowest BCUT2D eigenvalue weighted by atomic mass is 10.2. The van der Waals surface area contributed by atoms with Gasteiger partial charge in [-0.3, -0.25) is 4.79 Å². The fraction of sp³-hybridized carbons (Fsp3) is 0.412. The largest absolute Gasteiger partial charge is 0.307 e. The van der Waals surface area contributed by atoms with Crippen molar-refractivity contribution in [1.82, 2.24) is 14.1 Å². The summed E-state index contributed by atoms with van der Waals surface area (Å²) in [6, 6.07) is 6.10. The van der Waals surface area contributed by atoms with Gasteiger partial charge in [0, 0.05) is 20.2 Å². The highest BCUT2D eigenvalue weighted by atomic mass is 35.5. The number of nitrogens with one attached hydrogen (secondary N) is 1. The van der Waals surface area contributed by atoms with Crippen LogP contribution in [0.4, 0.5) is 5.82 Å². The minimum Gasteiger partial charge on any atom is -0.307 e. The first-order valence-corrected chi connectivity index (χ1v) is 10.2. The van der Waals surface area contributed by atoms with E-state index in [1.165, 1.54) is 32.3 Å². The van der Waals surface area contributed by atoms with E-state index in [-0.39, 0.29) is 21.5 Å². The van der Waals surface area contributed by atoms with Crippen LogP contribution < -0.4 is 5.32 Å². The predicted octanol–water partition coefficient (Wildman–Crippen LogP) is 3.15. The molecule has 0 radical (unpaired) electrons. The van der Waals surface area contributed by atoms with Crippen molar-refractivity contribution in [2.45, 2.75) is 36.6 Å². The summed E-state index contributed by atoms with van der Waals surface area (Å²) in [6.45, 7) is 0. The number of nitrogens with zero attached hydrogens (tertiary/aromatic N) is 3. The van der Waals surface area contributed by atoms with Crippen LogP contribution >= 0.6 is 11.6 Å². The van der Waals surface area contributed by atoms with E-state index in [1.54, 1.807) is 12.3 Å². The van der Waals surface area contributed by atoms with E-state index in [9.17, 15) is 13.2 Å². The first-order chi connectivity index (χ1) is 12.3. The Kier molecular flexibility index (Phi) is 5.36. The van der Waals surface area contributed by atoms with Crippen LogP contribution in [0.15, 0.2) is 35.4 Å². The number of carbonyl (C=O) groups excluding carboxylic acids is 1. The monoisotopic (exact) mass is 396 g/mol. The summed E-state index contributed by atoms with van der Waals surface area (Å²) >= 11 is 6.14. The number of anilines is 1. The maximum atomic E-state index is 12.7. The van der Waals surface area contributed by atoms with Crippen molar-refractivity contribution in [2.24, 2.45) is 0 Å². The van der Waals surface area contributed by atoms with Gasteiger partial charge in [-0.2, -0.15) is 5.10 Å². The van der Waals surface area contributed by atoms with Crippen molar-refractivity contribution in [1.29, 1.82) is 0 Å². The SMILES string of the molecule is CN(C)S(=O)(=O)c1ccc(Cl)c(C(=O)Nc2ccnn2C2CCCC2)c1. The van der Waals surface area contributed by atoms with Gasteiger partial charge in [0.25, 0.3) is 5.91 Å². The molecule has 1 fully saturated rings. The topological polar surface area (TPSA) is 84.3 Å². The van der Waals surface area contributed by atoms with E-state index in [4.69, 9.17) is 11.6 Å². The quantitative estimate of drug-likeness (QED) is 0.841. The van der Waals surface area contributed by atoms with Gasteiger partial charge in [-0.1, -0.05) is 24.4 Å². The summed E-state index contributed by atoms with van der Waals surface area (Å²) in [5.74, 6) is 0.115. The number of benzene rings is 1. The summed E-state index contributed by atoms with van der Waals surface area (Å²) in [5.41, 5.74) is 0.105. The van der Waals surface area contributed by atoms with Gasteiger partial charge >= 0.3 is 0 Å². The van der Waals surface area contributed by atoms with Gasteiger partial charge in [-0.25, -0.2) is 17.4 Å². The fourth-order valence-corrected chi connectivity index (χ4v) is 4.22. The molecule has 1 saturated carbocycles. The molecule has 0 unspecified atom stereocenters. The van der Waals surface area contributed by atoms with Crippen LogP contribution in [0.5, 0.6) is 0 Å². The average molecular weight is 397 g/mol. The Bertz CT molecular complexity index is 918. The molecule has 1 aliphatic rings. The van der Waals surface area contributed by atoms with Crippen molar-refractivity contribution in [2.75, 3.05) is 19.4 Å². The lowest BCUT2D eigenvalue weighted by molar-refractivity contribution is 0.102. The van der Waals surface area contributed by atoms with E-state index in [0.717, 1.165) is 30.0 Å². The molecule has 1 heterocycles. The minimum atomic E-state index is -3.66. The zero-order chi connectivity index (χ0) is 18.9. The zero-order valence-electron chi connectivity index (χ0n) is 14.6. The van der Waals surface area contributed by atoms with E-state index in [2.05, 4.69) is 10.4 Å². The molecule has 26 heavy (non-hydrogen) atoms. The van der Waals surface area contributed by atoms with Crippen molar-refractivity contribution < 1.29 is 13.2 Å². The van der Waals surface area contributed by atoms with Gasteiger partial charge in [0.05, 0.1) is 27.7 Å². The number of carbonyl (C=O) groups is 1. The Labute approximate surface area is 158 Å². The van der Waals surface area contributed by atoms with Gasteiger partial charge < -0.3 is 5.32 Å². The lowest BCUT2D eigenvalue weighted by Crippen LogP contribution is -2.23. The zero-order valence-corrected chi connectivity index (χ0v) is 16.2. The third-order valence-corrected chi connectivity index (χ3v) is 6.68. The van der Waals surface area contributed by atoms with Gasteiger partial charge in [-0.15, -0.1) is 0 Å². The standard InChI is InChI=1S/C17H21ClN4O3S/c1-21(2)26(24,25)13-7-8-15(18)14(11-13)17(23)20-16-9-10-19-22(16)12-5-3-4-6-12/h7-12H,3-6H2,1-2H3,(H,20,23). The third-order valence-electron chi connectivity index (χ3n) is 4.54. The number of amides is 1. The first-order valence-electron chi connectivity index (χ1n) is 8.37. The summed E-state index contributed by atoms with van der Waals surface area (Å²) in [6.07, 6.45) is 5.99. The molecule has 2 aromatic rings. The van der Waals surface area contributed by atoms with Crippen molar-refractivity contribution in [3.05, 3.63) is 41.0 Å². The van der Waals surface area contributed by atoms with Crippen LogP contribution in [-0.2, 0) is 10.0 Å². The van der Waals surface area contributed by atoms with Crippen LogP contribution in [0.1, 0.15) is 42.1 Å². The van der Waals surface area contributed by atoms with Crippen molar-refractivity contribution in [3.8, 4) is 0 Å². The summed E-state index contributed by atoms with van der Waals surface area (Å²) in [7, 11) is -0.787. The number of aromatic nitrogens is 2. The molecule has 1 amide bonds. The second-order valence-corrected chi connectivity index (χ2v) is 9.04. The fourth-order valence-electron chi connectivity index (χ4n) is 3.09. The highest BCUT2D eigenvalue weighted by Gasteiger charge is 2.23. The van der Waals surface area contributed by atoms with Gasteiger partial charge in [0.2, 0.25) is 10.0 Å². The summed E-state index contributed by atoms with van der Waals surface area (Å²) in [5, 5.41) is 7.30. The molecule has 0 saturated heterocycles. The molecule has 0 spiro atoms. The Morgan fingerprint density at radius 2 is 1.96 bits per heavy atom. The van der Waals surface area contributed by atoms with Gasteiger partial charge in [0.15, 0.2) is 0 Å². The van der Waals surface area contributed by atoms with Gasteiger partial charge in [-0.05, 0) is 31.0 Å². The molecule has 0 aliphatic heterocycles. The molecule has 9 heteroatoms. The predicted molar refractivity (Wildman–Crippen MR) is 100 cm³/mol. The molecule has 0 bridgehead atoms. The van der Waals surface area contributed by atoms with Crippen molar-refractivity contribution in [3.63, 3.8) is 0 Å². The molecular formula is C17H21ClN4O3S. The van der Waals surface area contributed by atoms with Crippen LogP contribution in [-0.4, -0.2) is 42.5 Å². The number of halogens is 1. The molecular weight excluding hydrogens is 376 g/mol. The molecule has 1 aliphatic carbocycles. The van der Waals surface area contributed by atoms with Crippen LogP contribution in [0.3, 0.4) is 0 Å². The second kappa shape index (κ2) is 7.38. The highest BCUT2D eigenvalue weighted by Crippen LogP contribution is 2.31. The smallest absolute Gasteiger partial charge is 0.258 e. The molecule has 1 N–H and O–H groups in total. The van der Waals surface area contributed by atoms with Crippen LogP contribution in [0, 0.1) is 0 Å². The molecule has 7 nitrogen and oxygen atoms in total. The van der Waals surface area contributed by atoms with E-state index in [0.29, 0.717) is 5.82 Å². The highest BCUT2D eigenvalue weighted by molar-refractivity contribution is 7.89. The summed E-state index contributed by atoms with van der Waals surface area (Å²) in [4.78, 5) is 12.7. The van der Waals surface area contributed by atoms with E-state index >= 15 is 0 Å². The average Bonchev–Trinajstić information content (AvgIpc) is 3.25. The number of hydrogen-bond donors (Lipinski definition) is 1. The van der Waals surface area contributed by atoms with Crippen molar-refractivity contribution >= 4 is 33.3 Å². The molecule has 1 aromatic carbocycles. The Morgan fingerprint density at radius 3 is 2.62 bits per heavy atom. The Balaban J connectivity index is 1.88. The molecule has 1 aromatic heterocycles. The maximum Gasteiger partial charge on any atom is 0.258 e. The van der Waals surface area contributed by atoms with Crippen LogP contribution in [0.2, 0.25) is 5.02 Å². The number of sulfonamides is 1. The first kappa shape index (κ1) is 18.9. The third kappa shape index (κ3) is 3.62. The second-order valence-electron chi connectivity index (χ2n) is 6.48. The van der Waals surface area contributed by atoms with E-state index in [1.807, 2.05) is 4.68 Å². The normalized spacial score (nSPS) is 15.5.